The van der Waals surface area contributed by atoms with E-state index in [0.717, 1.165) is 0 Å². The number of aliphatic imine (C=N–C) groups is 2. The molecule has 20 heavy (non-hydrogen) atoms. The second kappa shape index (κ2) is 6.15. The van der Waals surface area contributed by atoms with Crippen LogP contribution in [0.25, 0.3) is 0 Å². The molecular formula is C11H12BrN5O3. The Morgan fingerprint density at radius 2 is 1.85 bits per heavy atom. The Kier molecular flexibility index (Phi) is 4.81. The average Bonchev–Trinajstić information content (AvgIpc) is 2.32. The molecule has 0 spiro atoms. The van der Waals surface area contributed by atoms with Gasteiger partial charge in [0.05, 0.1) is 11.3 Å². The van der Waals surface area contributed by atoms with Crippen LogP contribution in [0.15, 0.2) is 26.6 Å². The summed E-state index contributed by atoms with van der Waals surface area (Å²) in [7, 11) is 0. The summed E-state index contributed by atoms with van der Waals surface area (Å²) in [4.78, 5) is 29.9. The minimum absolute atomic E-state index is 0.0531. The number of hydrogen-bond donors (Lipinski definition) is 4. The highest BCUT2D eigenvalue weighted by molar-refractivity contribution is 9.10. The predicted molar refractivity (Wildman–Crippen MR) is 77.9 cm³/mol. The summed E-state index contributed by atoms with van der Waals surface area (Å²) < 4.78 is 0.323. The molecule has 1 rings (SSSR count). The van der Waals surface area contributed by atoms with Crippen molar-refractivity contribution in [3.63, 3.8) is 0 Å². The van der Waals surface area contributed by atoms with E-state index >= 15 is 0 Å². The largest absolute Gasteiger partial charge is 0.475 e. The van der Waals surface area contributed by atoms with Crippen LogP contribution in [-0.4, -0.2) is 28.8 Å². The van der Waals surface area contributed by atoms with E-state index in [4.69, 9.17) is 22.3 Å². The first kappa shape index (κ1) is 15.6. The first-order valence-electron chi connectivity index (χ1n) is 5.24. The lowest BCUT2D eigenvalue weighted by molar-refractivity contribution is -0.131. The molecule has 0 saturated heterocycles. The fraction of sp³-hybridized carbons (Fsp3) is 0.0909. The molecule has 9 heteroatoms. The number of nitrogens with two attached hydrogens (primary N) is 3. The summed E-state index contributed by atoms with van der Waals surface area (Å²) in [6.07, 6.45) is 0. The van der Waals surface area contributed by atoms with E-state index in [1.165, 1.54) is 6.07 Å². The van der Waals surface area contributed by atoms with Gasteiger partial charge in [0.1, 0.15) is 0 Å². The van der Waals surface area contributed by atoms with Crippen LogP contribution in [0.5, 0.6) is 0 Å². The molecule has 0 fully saturated rings. The molecule has 106 valence electrons. The maximum atomic E-state index is 11.7. The normalized spacial score (nSPS) is 11.0. The van der Waals surface area contributed by atoms with Gasteiger partial charge in [0.25, 0.3) is 5.78 Å². The van der Waals surface area contributed by atoms with Crippen molar-refractivity contribution < 1.29 is 14.7 Å². The van der Waals surface area contributed by atoms with E-state index in [1.54, 1.807) is 13.0 Å². The van der Waals surface area contributed by atoms with E-state index in [1.807, 2.05) is 0 Å². The summed E-state index contributed by atoms with van der Waals surface area (Å²) in [6, 6.07) is 3.09. The lowest BCUT2D eigenvalue weighted by Gasteiger charge is -2.08. The standard InChI is InChI=1S/C11H12BrN5O3/c1-4-2-3-5(16-11(15)17-10(13)14)6(7(4)12)8(18)9(19)20/h2-3H,1H3,(H,19,20)(H6,13,14,15,16,17). The monoisotopic (exact) mass is 341 g/mol. The number of hydrogen-bond acceptors (Lipinski definition) is 3. The number of aliphatic carboxylic acids is 1. The minimum atomic E-state index is -1.60. The van der Waals surface area contributed by atoms with Crippen LogP contribution >= 0.6 is 15.9 Å². The molecule has 0 aliphatic carbocycles. The van der Waals surface area contributed by atoms with E-state index in [-0.39, 0.29) is 23.2 Å². The summed E-state index contributed by atoms with van der Waals surface area (Å²) in [6.45, 7) is 1.70. The van der Waals surface area contributed by atoms with E-state index in [9.17, 15) is 9.59 Å². The molecule has 7 N–H and O–H groups in total. The zero-order chi connectivity index (χ0) is 15.4. The first-order valence-corrected chi connectivity index (χ1v) is 6.03. The van der Waals surface area contributed by atoms with Crippen molar-refractivity contribution in [1.29, 1.82) is 0 Å². The molecule has 0 aromatic heterocycles. The van der Waals surface area contributed by atoms with E-state index in [0.29, 0.717) is 10.0 Å². The van der Waals surface area contributed by atoms with Gasteiger partial charge in [-0.05, 0) is 34.5 Å². The molecule has 1 aromatic rings. The van der Waals surface area contributed by atoms with E-state index in [2.05, 4.69) is 25.9 Å². The van der Waals surface area contributed by atoms with Crippen molar-refractivity contribution in [2.45, 2.75) is 6.92 Å². The number of halogens is 1. The number of guanidine groups is 2. The fourth-order valence-corrected chi connectivity index (χ4v) is 1.88. The Hall–Kier alpha value is -2.42. The highest BCUT2D eigenvalue weighted by Crippen LogP contribution is 2.30. The van der Waals surface area contributed by atoms with E-state index < -0.39 is 11.8 Å². The maximum absolute atomic E-state index is 11.7. The molecule has 0 amide bonds. The third-order valence-electron chi connectivity index (χ3n) is 2.21. The number of carboxylic acids is 1. The summed E-state index contributed by atoms with van der Waals surface area (Å²) in [5, 5.41) is 8.84. The number of carboxylic acid groups (broad SMARTS) is 1. The third-order valence-corrected chi connectivity index (χ3v) is 3.23. The Morgan fingerprint density at radius 3 is 2.35 bits per heavy atom. The molecule has 8 nitrogen and oxygen atoms in total. The fourth-order valence-electron chi connectivity index (χ4n) is 1.37. The number of carbonyl (C=O) groups is 2. The SMILES string of the molecule is Cc1ccc(N=C(N)N=C(N)N)c(C(=O)C(=O)O)c1Br. The Balaban J connectivity index is 3.49. The average molecular weight is 342 g/mol. The molecule has 1 aromatic carbocycles. The lowest BCUT2D eigenvalue weighted by Crippen LogP contribution is -2.26. The van der Waals surface area contributed by atoms with Crippen LogP contribution in [0.2, 0.25) is 0 Å². The minimum Gasteiger partial charge on any atom is -0.475 e. The van der Waals surface area contributed by atoms with Gasteiger partial charge in [-0.2, -0.15) is 4.99 Å². The summed E-state index contributed by atoms with van der Waals surface area (Å²) in [5.74, 6) is -3.31. The van der Waals surface area contributed by atoms with Gasteiger partial charge in [-0.15, -0.1) is 0 Å². The molecule has 0 bridgehead atoms. The molecule has 0 aliphatic heterocycles. The Labute approximate surface area is 122 Å². The number of rotatable bonds is 3. The van der Waals surface area contributed by atoms with Crippen molar-refractivity contribution in [2.75, 3.05) is 0 Å². The molecule has 0 saturated carbocycles. The number of nitrogens with zero attached hydrogens (tertiary/aromatic N) is 2. The quantitative estimate of drug-likeness (QED) is 0.267. The maximum Gasteiger partial charge on any atom is 0.377 e. The molecule has 0 atom stereocenters. The molecule has 0 heterocycles. The van der Waals surface area contributed by atoms with Crippen LogP contribution in [0.3, 0.4) is 0 Å². The van der Waals surface area contributed by atoms with Crippen molar-refractivity contribution in [3.8, 4) is 0 Å². The zero-order valence-electron chi connectivity index (χ0n) is 10.4. The zero-order valence-corrected chi connectivity index (χ0v) is 12.0. The predicted octanol–water partition coefficient (Wildman–Crippen LogP) is 0.244. The van der Waals surface area contributed by atoms with Gasteiger partial charge in [0.15, 0.2) is 5.96 Å². The van der Waals surface area contributed by atoms with Gasteiger partial charge in [-0.1, -0.05) is 6.07 Å². The lowest BCUT2D eigenvalue weighted by atomic mass is 10.1. The van der Waals surface area contributed by atoms with Crippen molar-refractivity contribution in [1.82, 2.24) is 0 Å². The number of ketones is 1. The number of carbonyl (C=O) groups excluding carboxylic acids is 1. The smallest absolute Gasteiger partial charge is 0.377 e. The first-order chi connectivity index (χ1) is 9.23. The second-order valence-corrected chi connectivity index (χ2v) is 4.52. The second-order valence-electron chi connectivity index (χ2n) is 3.73. The summed E-state index contributed by atoms with van der Waals surface area (Å²) in [5.41, 5.74) is 16.4. The van der Waals surface area contributed by atoms with Crippen molar-refractivity contribution in [3.05, 3.63) is 27.7 Å². The van der Waals surface area contributed by atoms with Gasteiger partial charge < -0.3 is 22.3 Å². The van der Waals surface area contributed by atoms with Crippen LogP contribution < -0.4 is 17.2 Å². The highest BCUT2D eigenvalue weighted by atomic mass is 79.9. The van der Waals surface area contributed by atoms with Crippen LogP contribution in [-0.2, 0) is 4.79 Å². The van der Waals surface area contributed by atoms with Gasteiger partial charge in [0.2, 0.25) is 5.96 Å². The van der Waals surface area contributed by atoms with Crippen LogP contribution in [0.4, 0.5) is 5.69 Å². The Bertz CT molecular complexity index is 635. The topological polar surface area (TPSA) is 157 Å². The molecular weight excluding hydrogens is 330 g/mol. The van der Waals surface area contributed by atoms with Gasteiger partial charge in [-0.3, -0.25) is 4.79 Å². The Morgan fingerprint density at radius 1 is 1.25 bits per heavy atom. The molecule has 0 radical (unpaired) electrons. The van der Waals surface area contributed by atoms with Crippen molar-refractivity contribution >= 4 is 45.3 Å². The van der Waals surface area contributed by atoms with Crippen LogP contribution in [0.1, 0.15) is 15.9 Å². The molecule has 0 aliphatic rings. The van der Waals surface area contributed by atoms with Crippen molar-refractivity contribution in [2.24, 2.45) is 27.2 Å². The van der Waals surface area contributed by atoms with Gasteiger partial charge in [0, 0.05) is 4.47 Å². The third kappa shape index (κ3) is 3.54. The number of benzene rings is 1. The number of aryl methyl sites for hydroxylation is 1. The summed E-state index contributed by atoms with van der Waals surface area (Å²) >= 11 is 3.16. The number of Topliss-reactive ketones (excluding diaryl/α,β-unsaturated/α-hetero) is 1. The van der Waals surface area contributed by atoms with Gasteiger partial charge in [-0.25, -0.2) is 9.79 Å². The molecule has 0 unspecified atom stereocenters. The highest BCUT2D eigenvalue weighted by Gasteiger charge is 2.23. The van der Waals surface area contributed by atoms with Gasteiger partial charge >= 0.3 is 5.97 Å². The van der Waals surface area contributed by atoms with Crippen LogP contribution in [0, 0.1) is 6.92 Å².